The van der Waals surface area contributed by atoms with Crippen LogP contribution in [0.5, 0.6) is 0 Å². The van der Waals surface area contributed by atoms with E-state index in [1.54, 1.807) is 12.1 Å². The summed E-state index contributed by atoms with van der Waals surface area (Å²) in [7, 11) is 0. The van der Waals surface area contributed by atoms with E-state index in [1.165, 1.54) is 12.4 Å². The van der Waals surface area contributed by atoms with Gasteiger partial charge in [0.05, 0.1) is 0 Å². The Balaban J connectivity index is 2.44. The molecule has 0 aliphatic rings. The molecule has 66 valence electrons. The van der Waals surface area contributed by atoms with E-state index in [4.69, 9.17) is 0 Å². The monoisotopic (exact) mass is 193 g/mol. The molecule has 0 unspecified atom stereocenters. The van der Waals surface area contributed by atoms with Crippen molar-refractivity contribution in [3.05, 3.63) is 30.1 Å². The molecule has 0 N–H and O–H groups in total. The number of rotatable bonds is 2. The summed E-state index contributed by atoms with van der Waals surface area (Å²) in [5.41, 5.74) is -3.57. The van der Waals surface area contributed by atoms with E-state index in [9.17, 15) is 13.2 Å². The molecular weight excluding hydrogens is 187 g/mol. The van der Waals surface area contributed by atoms with Crippen molar-refractivity contribution in [1.29, 1.82) is 0 Å². The molecule has 0 radical (unpaired) electrons. The van der Waals surface area contributed by atoms with E-state index in [1.807, 2.05) is 0 Å². The molecule has 5 heteroatoms. The van der Waals surface area contributed by atoms with Crippen LogP contribution in [0.4, 0.5) is 13.2 Å². The molecule has 0 atom stereocenters. The molecule has 12 heavy (non-hydrogen) atoms. The Labute approximate surface area is 72.0 Å². The zero-order chi connectivity index (χ0) is 9.03. The van der Waals surface area contributed by atoms with Crippen molar-refractivity contribution in [3.63, 3.8) is 0 Å². The lowest BCUT2D eigenvalue weighted by Gasteiger charge is -2.04. The van der Waals surface area contributed by atoms with E-state index in [-0.39, 0.29) is 17.5 Å². The number of alkyl halides is 3. The van der Waals surface area contributed by atoms with Crippen LogP contribution in [0, 0.1) is 0 Å². The number of hydrogen-bond donors (Lipinski definition) is 0. The summed E-state index contributed by atoms with van der Waals surface area (Å²) >= 11 is -0.0533. The van der Waals surface area contributed by atoms with Crippen molar-refractivity contribution in [2.75, 3.05) is 0 Å². The highest BCUT2D eigenvalue weighted by atomic mass is 32.2. The summed E-state index contributed by atoms with van der Waals surface area (Å²) < 4.78 is 35.1. The maximum atomic E-state index is 11.7. The fourth-order valence-corrected chi connectivity index (χ4v) is 1.15. The lowest BCUT2D eigenvalue weighted by molar-refractivity contribution is -0.0329. The molecule has 0 saturated heterocycles. The number of thioether (sulfide) groups is 1. The molecule has 0 aliphatic carbocycles. The molecule has 0 bridgehead atoms. The van der Waals surface area contributed by atoms with Gasteiger partial charge >= 0.3 is 5.51 Å². The second-order valence-corrected chi connectivity index (χ2v) is 3.14. The minimum Gasteiger partial charge on any atom is -0.264 e. The van der Waals surface area contributed by atoms with Crippen LogP contribution in [0.3, 0.4) is 0 Å². The predicted molar refractivity (Wildman–Crippen MR) is 41.6 cm³/mol. The van der Waals surface area contributed by atoms with E-state index >= 15 is 0 Å². The Morgan fingerprint density at radius 1 is 1.42 bits per heavy atom. The molecule has 1 rings (SSSR count). The van der Waals surface area contributed by atoms with Gasteiger partial charge in [-0.3, -0.25) is 4.98 Å². The van der Waals surface area contributed by atoms with E-state index in [2.05, 4.69) is 4.98 Å². The van der Waals surface area contributed by atoms with Crippen molar-refractivity contribution >= 4 is 11.8 Å². The van der Waals surface area contributed by atoms with E-state index in [0.29, 0.717) is 5.56 Å². The Morgan fingerprint density at radius 3 is 2.67 bits per heavy atom. The Morgan fingerprint density at radius 2 is 2.17 bits per heavy atom. The second-order valence-electron chi connectivity index (χ2n) is 2.10. The van der Waals surface area contributed by atoms with Crippen molar-refractivity contribution < 1.29 is 13.2 Å². The highest BCUT2D eigenvalue weighted by Crippen LogP contribution is 2.32. The van der Waals surface area contributed by atoms with Crippen LogP contribution in [-0.4, -0.2) is 10.5 Å². The zero-order valence-electron chi connectivity index (χ0n) is 6.01. The summed E-state index contributed by atoms with van der Waals surface area (Å²) in [4.78, 5) is 3.70. The van der Waals surface area contributed by atoms with Crippen LogP contribution in [0.1, 0.15) is 5.56 Å². The van der Waals surface area contributed by atoms with Crippen LogP contribution in [0.2, 0.25) is 0 Å². The molecule has 0 fully saturated rings. The Bertz CT molecular complexity index is 234. The molecule has 1 heterocycles. The van der Waals surface area contributed by atoms with Gasteiger partial charge in [0, 0.05) is 18.1 Å². The zero-order valence-corrected chi connectivity index (χ0v) is 6.82. The van der Waals surface area contributed by atoms with Gasteiger partial charge in [0.1, 0.15) is 0 Å². The first-order valence-electron chi connectivity index (χ1n) is 3.17. The quantitative estimate of drug-likeness (QED) is 0.716. The normalized spacial score (nSPS) is 11.6. The van der Waals surface area contributed by atoms with Gasteiger partial charge in [0.2, 0.25) is 0 Å². The van der Waals surface area contributed by atoms with Crippen LogP contribution in [-0.2, 0) is 5.75 Å². The molecule has 0 amide bonds. The van der Waals surface area contributed by atoms with E-state index in [0.717, 1.165) is 0 Å². The predicted octanol–water partition coefficient (Wildman–Crippen LogP) is 2.83. The smallest absolute Gasteiger partial charge is 0.264 e. The Hall–Kier alpha value is -0.710. The Kier molecular flexibility index (Phi) is 2.97. The van der Waals surface area contributed by atoms with Gasteiger partial charge in [-0.25, -0.2) is 0 Å². The number of hydrogen-bond acceptors (Lipinski definition) is 2. The van der Waals surface area contributed by atoms with Crippen LogP contribution in [0.25, 0.3) is 0 Å². The van der Waals surface area contributed by atoms with Gasteiger partial charge in [0.15, 0.2) is 0 Å². The molecule has 0 aliphatic heterocycles. The van der Waals surface area contributed by atoms with Gasteiger partial charge < -0.3 is 0 Å². The average Bonchev–Trinajstić information content (AvgIpc) is 2.02. The topological polar surface area (TPSA) is 12.9 Å². The third kappa shape index (κ3) is 3.61. The molecule has 1 aromatic heterocycles. The summed E-state index contributed by atoms with van der Waals surface area (Å²) in [6, 6.07) is 3.23. The van der Waals surface area contributed by atoms with E-state index < -0.39 is 5.51 Å². The molecule has 1 aromatic rings. The maximum Gasteiger partial charge on any atom is 0.442 e. The van der Waals surface area contributed by atoms with Gasteiger partial charge in [-0.15, -0.1) is 0 Å². The van der Waals surface area contributed by atoms with Crippen molar-refractivity contribution in [2.24, 2.45) is 0 Å². The molecule has 0 spiro atoms. The van der Waals surface area contributed by atoms with Crippen molar-refractivity contribution in [1.82, 2.24) is 4.98 Å². The highest BCUT2D eigenvalue weighted by Gasteiger charge is 2.27. The van der Waals surface area contributed by atoms with Crippen LogP contribution in [0.15, 0.2) is 24.5 Å². The summed E-state index contributed by atoms with van der Waals surface area (Å²) in [5, 5.41) is 0. The highest BCUT2D eigenvalue weighted by molar-refractivity contribution is 7.99. The van der Waals surface area contributed by atoms with Crippen molar-refractivity contribution in [3.8, 4) is 0 Å². The minimum absolute atomic E-state index is 0.0533. The fourth-order valence-electron chi connectivity index (χ4n) is 0.649. The van der Waals surface area contributed by atoms with Crippen LogP contribution < -0.4 is 0 Å². The molecular formula is C7H6F3NS. The van der Waals surface area contributed by atoms with Crippen molar-refractivity contribution in [2.45, 2.75) is 11.3 Å². The number of nitrogens with zero attached hydrogens (tertiary/aromatic N) is 1. The average molecular weight is 193 g/mol. The minimum atomic E-state index is -4.16. The lowest BCUT2D eigenvalue weighted by atomic mass is 10.3. The SMILES string of the molecule is FC(F)(F)SCc1cccnc1. The van der Waals surface area contributed by atoms with Gasteiger partial charge in [-0.1, -0.05) is 6.07 Å². The molecule has 0 saturated carbocycles. The van der Waals surface area contributed by atoms with Gasteiger partial charge in [-0.05, 0) is 23.4 Å². The molecule has 1 nitrogen and oxygen atoms in total. The first-order chi connectivity index (χ1) is 5.58. The van der Waals surface area contributed by atoms with Crippen LogP contribution >= 0.6 is 11.8 Å². The standard InChI is InChI=1S/C7H6F3NS/c8-7(9,10)12-5-6-2-1-3-11-4-6/h1-4H,5H2. The van der Waals surface area contributed by atoms with Gasteiger partial charge in [-0.2, -0.15) is 13.2 Å². The first-order valence-corrected chi connectivity index (χ1v) is 4.16. The molecule has 0 aromatic carbocycles. The third-order valence-electron chi connectivity index (χ3n) is 1.13. The number of aromatic nitrogens is 1. The lowest BCUT2D eigenvalue weighted by Crippen LogP contribution is -2.00. The maximum absolute atomic E-state index is 11.7. The third-order valence-corrected chi connectivity index (χ3v) is 1.93. The number of halogens is 3. The second kappa shape index (κ2) is 3.80. The summed E-state index contributed by atoms with van der Waals surface area (Å²) in [6.07, 6.45) is 2.96. The summed E-state index contributed by atoms with van der Waals surface area (Å²) in [5.74, 6) is -0.0721. The summed E-state index contributed by atoms with van der Waals surface area (Å²) in [6.45, 7) is 0. The number of pyridine rings is 1. The van der Waals surface area contributed by atoms with Gasteiger partial charge in [0.25, 0.3) is 0 Å². The largest absolute Gasteiger partial charge is 0.442 e. The first kappa shape index (κ1) is 9.38. The fraction of sp³-hybridized carbons (Fsp3) is 0.286.